The molecule has 4 nitrogen and oxygen atoms in total. The Hall–Kier alpha value is -2.50. The maximum atomic E-state index is 13.6. The molecule has 1 saturated heterocycles. The molecule has 0 N–H and O–H groups in total. The van der Waals surface area contributed by atoms with E-state index in [1.165, 1.54) is 6.07 Å². The summed E-state index contributed by atoms with van der Waals surface area (Å²) in [5.41, 5.74) is 2.80. The van der Waals surface area contributed by atoms with E-state index in [1.54, 1.807) is 12.1 Å². The van der Waals surface area contributed by atoms with E-state index >= 15 is 0 Å². The van der Waals surface area contributed by atoms with E-state index in [2.05, 4.69) is 10.1 Å². The van der Waals surface area contributed by atoms with Crippen LogP contribution in [0.25, 0.3) is 11.3 Å². The second kappa shape index (κ2) is 8.46. The molecule has 2 aromatic carbocycles. The van der Waals surface area contributed by atoms with Gasteiger partial charge in [0.1, 0.15) is 11.5 Å². The zero-order valence-corrected chi connectivity index (χ0v) is 15.2. The standard InChI is InChI=1S/C22H23FN2O2/c23-19-9-4-6-17(12-19)14-25(15-20-10-5-11-26-20)16-21-13-22(24-27-21)18-7-2-1-3-8-18/h1-4,6-9,12-13,20H,5,10-11,14-16H2. The van der Waals surface area contributed by atoms with Gasteiger partial charge in [-0.25, -0.2) is 4.39 Å². The van der Waals surface area contributed by atoms with Crippen molar-refractivity contribution in [1.29, 1.82) is 0 Å². The third-order valence-corrected chi connectivity index (χ3v) is 4.79. The molecule has 0 aliphatic carbocycles. The van der Waals surface area contributed by atoms with E-state index < -0.39 is 0 Å². The minimum Gasteiger partial charge on any atom is -0.377 e. The average molecular weight is 366 g/mol. The molecule has 1 aromatic heterocycles. The number of nitrogens with zero attached hydrogens (tertiary/aromatic N) is 2. The third kappa shape index (κ3) is 4.81. The first-order valence-corrected chi connectivity index (χ1v) is 9.36. The van der Waals surface area contributed by atoms with E-state index in [0.717, 1.165) is 48.6 Å². The van der Waals surface area contributed by atoms with Gasteiger partial charge in [-0.3, -0.25) is 4.90 Å². The normalized spacial score (nSPS) is 16.9. The maximum Gasteiger partial charge on any atom is 0.151 e. The summed E-state index contributed by atoms with van der Waals surface area (Å²) in [6, 6.07) is 18.7. The topological polar surface area (TPSA) is 38.5 Å². The largest absolute Gasteiger partial charge is 0.377 e. The summed E-state index contributed by atoms with van der Waals surface area (Å²) in [4.78, 5) is 2.24. The lowest BCUT2D eigenvalue weighted by Crippen LogP contribution is -2.31. The van der Waals surface area contributed by atoms with Crippen molar-refractivity contribution < 1.29 is 13.7 Å². The average Bonchev–Trinajstić information content (AvgIpc) is 3.35. The SMILES string of the molecule is Fc1cccc(CN(Cc2cc(-c3ccccc3)no2)CC2CCCO2)c1. The molecule has 4 rings (SSSR count). The molecular weight excluding hydrogens is 343 g/mol. The fourth-order valence-electron chi connectivity index (χ4n) is 3.51. The molecule has 0 saturated carbocycles. The Morgan fingerprint density at radius 2 is 1.93 bits per heavy atom. The van der Waals surface area contributed by atoms with Crippen LogP contribution in [0.15, 0.2) is 65.2 Å². The van der Waals surface area contributed by atoms with Gasteiger partial charge in [0.2, 0.25) is 0 Å². The van der Waals surface area contributed by atoms with E-state index in [0.29, 0.717) is 13.1 Å². The number of hydrogen-bond donors (Lipinski definition) is 0. The number of hydrogen-bond acceptors (Lipinski definition) is 4. The molecule has 1 aliphatic heterocycles. The van der Waals surface area contributed by atoms with Crippen LogP contribution in [0.1, 0.15) is 24.2 Å². The summed E-state index contributed by atoms with van der Waals surface area (Å²) >= 11 is 0. The summed E-state index contributed by atoms with van der Waals surface area (Å²) < 4.78 is 24.9. The van der Waals surface area contributed by atoms with Crippen LogP contribution in [0.4, 0.5) is 4.39 Å². The lowest BCUT2D eigenvalue weighted by atomic mass is 10.1. The van der Waals surface area contributed by atoms with E-state index in [-0.39, 0.29) is 11.9 Å². The molecule has 5 heteroatoms. The van der Waals surface area contributed by atoms with Crippen LogP contribution in [0.3, 0.4) is 0 Å². The van der Waals surface area contributed by atoms with Crippen molar-refractivity contribution in [3.05, 3.63) is 77.8 Å². The summed E-state index contributed by atoms with van der Waals surface area (Å²) in [6.07, 6.45) is 2.37. The van der Waals surface area contributed by atoms with Gasteiger partial charge in [0, 0.05) is 31.3 Å². The van der Waals surface area contributed by atoms with Crippen LogP contribution in [0, 0.1) is 5.82 Å². The van der Waals surface area contributed by atoms with Gasteiger partial charge in [-0.15, -0.1) is 0 Å². The van der Waals surface area contributed by atoms with Crippen molar-refractivity contribution in [2.75, 3.05) is 13.2 Å². The van der Waals surface area contributed by atoms with Gasteiger partial charge in [-0.1, -0.05) is 47.6 Å². The van der Waals surface area contributed by atoms with Crippen LogP contribution in [0.5, 0.6) is 0 Å². The van der Waals surface area contributed by atoms with Crippen LogP contribution >= 0.6 is 0 Å². The minimum absolute atomic E-state index is 0.212. The smallest absolute Gasteiger partial charge is 0.151 e. The number of benzene rings is 2. The van der Waals surface area contributed by atoms with E-state index in [1.807, 2.05) is 42.5 Å². The number of rotatable bonds is 7. The second-order valence-electron chi connectivity index (χ2n) is 6.98. The Morgan fingerprint density at radius 1 is 1.04 bits per heavy atom. The summed E-state index contributed by atoms with van der Waals surface area (Å²) in [7, 11) is 0. The van der Waals surface area contributed by atoms with Gasteiger partial charge in [0.15, 0.2) is 5.76 Å². The van der Waals surface area contributed by atoms with Gasteiger partial charge in [-0.05, 0) is 30.5 Å². The predicted molar refractivity (Wildman–Crippen MR) is 101 cm³/mol. The van der Waals surface area contributed by atoms with Gasteiger partial charge in [0.25, 0.3) is 0 Å². The van der Waals surface area contributed by atoms with Crippen LogP contribution < -0.4 is 0 Å². The lowest BCUT2D eigenvalue weighted by Gasteiger charge is -2.24. The Balaban J connectivity index is 1.49. The molecule has 3 aromatic rings. The first kappa shape index (κ1) is 17.9. The van der Waals surface area contributed by atoms with E-state index in [4.69, 9.17) is 9.26 Å². The molecule has 0 bridgehead atoms. The molecule has 1 unspecified atom stereocenters. The van der Waals surface area contributed by atoms with Crippen molar-refractivity contribution in [3.63, 3.8) is 0 Å². The predicted octanol–water partition coefficient (Wildman–Crippen LogP) is 4.66. The first-order chi connectivity index (χ1) is 13.3. The zero-order chi connectivity index (χ0) is 18.5. The second-order valence-corrected chi connectivity index (χ2v) is 6.98. The van der Waals surface area contributed by atoms with Crippen molar-refractivity contribution in [2.24, 2.45) is 0 Å². The zero-order valence-electron chi connectivity index (χ0n) is 15.2. The monoisotopic (exact) mass is 366 g/mol. The maximum absolute atomic E-state index is 13.6. The molecule has 27 heavy (non-hydrogen) atoms. The summed E-state index contributed by atoms with van der Waals surface area (Å²) in [5.74, 6) is 0.582. The van der Waals surface area contributed by atoms with Crippen LogP contribution in [0.2, 0.25) is 0 Å². The molecule has 0 spiro atoms. The lowest BCUT2D eigenvalue weighted by molar-refractivity contribution is 0.0647. The van der Waals surface area contributed by atoms with Gasteiger partial charge in [-0.2, -0.15) is 0 Å². The number of halogens is 1. The van der Waals surface area contributed by atoms with Gasteiger partial charge >= 0.3 is 0 Å². The van der Waals surface area contributed by atoms with Gasteiger partial charge in [0.05, 0.1) is 12.6 Å². The Morgan fingerprint density at radius 3 is 2.70 bits per heavy atom. The molecule has 0 radical (unpaired) electrons. The summed E-state index contributed by atoms with van der Waals surface area (Å²) in [6.45, 7) is 2.85. The highest BCUT2D eigenvalue weighted by molar-refractivity contribution is 5.58. The van der Waals surface area contributed by atoms with Crippen molar-refractivity contribution >= 4 is 0 Å². The molecule has 1 aliphatic rings. The highest BCUT2D eigenvalue weighted by Gasteiger charge is 2.21. The quantitative estimate of drug-likeness (QED) is 0.609. The Kier molecular flexibility index (Phi) is 5.61. The molecule has 140 valence electrons. The molecule has 0 amide bonds. The Bertz CT molecular complexity index is 860. The Labute approximate surface area is 158 Å². The first-order valence-electron chi connectivity index (χ1n) is 9.36. The highest BCUT2D eigenvalue weighted by atomic mass is 19.1. The molecule has 1 atom stereocenters. The van der Waals surface area contributed by atoms with E-state index in [9.17, 15) is 4.39 Å². The summed E-state index contributed by atoms with van der Waals surface area (Å²) in [5, 5.41) is 4.20. The molecular formula is C22H23FN2O2. The van der Waals surface area contributed by atoms with Crippen molar-refractivity contribution in [1.82, 2.24) is 10.1 Å². The van der Waals surface area contributed by atoms with Crippen LogP contribution in [-0.4, -0.2) is 29.3 Å². The third-order valence-electron chi connectivity index (χ3n) is 4.79. The van der Waals surface area contributed by atoms with Crippen molar-refractivity contribution in [3.8, 4) is 11.3 Å². The number of aromatic nitrogens is 1. The van der Waals surface area contributed by atoms with Gasteiger partial charge < -0.3 is 9.26 Å². The fourth-order valence-corrected chi connectivity index (χ4v) is 3.51. The minimum atomic E-state index is -0.212. The van der Waals surface area contributed by atoms with Crippen LogP contribution in [-0.2, 0) is 17.8 Å². The fraction of sp³-hybridized carbons (Fsp3) is 0.318. The molecule has 1 fully saturated rings. The molecule has 2 heterocycles. The van der Waals surface area contributed by atoms with Crippen molar-refractivity contribution in [2.45, 2.75) is 32.0 Å². The highest BCUT2D eigenvalue weighted by Crippen LogP contribution is 2.21. The number of ether oxygens (including phenoxy) is 1.